The molecule has 1 N–H and O–H groups in total. The Hall–Kier alpha value is -0.0800. The molecule has 2 heteroatoms. The summed E-state index contributed by atoms with van der Waals surface area (Å²) in [6.45, 7) is 6.56. The van der Waals surface area contributed by atoms with Gasteiger partial charge in [0.1, 0.15) is 0 Å². The van der Waals surface area contributed by atoms with Crippen molar-refractivity contribution in [2.24, 2.45) is 5.92 Å². The van der Waals surface area contributed by atoms with E-state index in [9.17, 15) is 0 Å². The number of nitrogens with one attached hydrogen (secondary N) is 1. The van der Waals surface area contributed by atoms with Gasteiger partial charge >= 0.3 is 0 Å². The lowest BCUT2D eigenvalue weighted by Gasteiger charge is -2.47. The Morgan fingerprint density at radius 2 is 2.13 bits per heavy atom. The minimum Gasteiger partial charge on any atom is -0.374 e. The molecule has 0 bridgehead atoms. The van der Waals surface area contributed by atoms with Crippen molar-refractivity contribution < 1.29 is 4.74 Å². The molecule has 2 nitrogen and oxygen atoms in total. The van der Waals surface area contributed by atoms with Crippen LogP contribution in [0.5, 0.6) is 0 Å². The van der Waals surface area contributed by atoms with Crippen LogP contribution >= 0.6 is 0 Å². The number of hydrogen-bond acceptors (Lipinski definition) is 2. The van der Waals surface area contributed by atoms with Gasteiger partial charge in [0, 0.05) is 12.6 Å². The van der Waals surface area contributed by atoms with E-state index in [0.29, 0.717) is 6.04 Å². The molecule has 1 saturated carbocycles. The third kappa shape index (κ3) is 2.36. The van der Waals surface area contributed by atoms with Crippen molar-refractivity contribution in [1.82, 2.24) is 5.32 Å². The molecule has 1 saturated heterocycles. The van der Waals surface area contributed by atoms with Gasteiger partial charge < -0.3 is 10.1 Å². The van der Waals surface area contributed by atoms with Crippen LogP contribution in [-0.2, 0) is 4.74 Å². The summed E-state index contributed by atoms with van der Waals surface area (Å²) in [7, 11) is 0. The summed E-state index contributed by atoms with van der Waals surface area (Å²) in [4.78, 5) is 0. The van der Waals surface area contributed by atoms with Crippen LogP contribution in [0.25, 0.3) is 0 Å². The Kier molecular flexibility index (Phi) is 3.68. The summed E-state index contributed by atoms with van der Waals surface area (Å²) in [5.41, 5.74) is 0.110. The Morgan fingerprint density at radius 1 is 1.33 bits per heavy atom. The fourth-order valence-electron chi connectivity index (χ4n) is 3.08. The predicted molar refractivity (Wildman–Crippen MR) is 63.0 cm³/mol. The molecule has 1 aliphatic heterocycles. The fraction of sp³-hybridized carbons (Fsp3) is 1.00. The third-order valence-electron chi connectivity index (χ3n) is 4.20. The van der Waals surface area contributed by atoms with Crippen LogP contribution in [0.15, 0.2) is 0 Å². The molecule has 2 atom stereocenters. The standard InChI is InChI=1S/C13H25NO/c1-3-14-12(11-7-6-8-11)13(2)9-4-5-10-15-13/h11-12,14H,3-10H2,1-2H3. The summed E-state index contributed by atoms with van der Waals surface area (Å²) in [6, 6.07) is 0.594. The third-order valence-corrected chi connectivity index (χ3v) is 4.20. The van der Waals surface area contributed by atoms with E-state index < -0.39 is 0 Å². The van der Waals surface area contributed by atoms with Crippen LogP contribution in [-0.4, -0.2) is 24.8 Å². The highest BCUT2D eigenvalue weighted by Gasteiger charge is 2.42. The van der Waals surface area contributed by atoms with Gasteiger partial charge in [-0.25, -0.2) is 0 Å². The normalized spacial score (nSPS) is 34.8. The lowest BCUT2D eigenvalue weighted by Crippen LogP contribution is -2.57. The molecule has 0 radical (unpaired) electrons. The molecule has 0 aromatic carbocycles. The van der Waals surface area contributed by atoms with Crippen molar-refractivity contribution >= 4 is 0 Å². The molecule has 15 heavy (non-hydrogen) atoms. The molecular weight excluding hydrogens is 186 g/mol. The SMILES string of the molecule is CCNC(C1CCC1)C1(C)CCCCO1. The highest BCUT2D eigenvalue weighted by Crippen LogP contribution is 2.39. The van der Waals surface area contributed by atoms with Gasteiger partial charge in [-0.15, -0.1) is 0 Å². The zero-order chi connectivity index (χ0) is 10.7. The van der Waals surface area contributed by atoms with Crippen LogP contribution in [0.2, 0.25) is 0 Å². The Morgan fingerprint density at radius 3 is 2.60 bits per heavy atom. The second kappa shape index (κ2) is 4.84. The van der Waals surface area contributed by atoms with Gasteiger partial charge in [0.25, 0.3) is 0 Å². The minimum atomic E-state index is 0.110. The van der Waals surface area contributed by atoms with E-state index >= 15 is 0 Å². The Bertz CT molecular complexity index is 195. The highest BCUT2D eigenvalue weighted by atomic mass is 16.5. The van der Waals surface area contributed by atoms with Gasteiger partial charge in [0.15, 0.2) is 0 Å². The fourth-order valence-corrected chi connectivity index (χ4v) is 3.08. The average molecular weight is 211 g/mol. The monoisotopic (exact) mass is 211 g/mol. The minimum absolute atomic E-state index is 0.110. The molecule has 2 aliphatic rings. The molecule has 88 valence electrons. The zero-order valence-electron chi connectivity index (χ0n) is 10.2. The first-order chi connectivity index (χ1) is 7.26. The Labute approximate surface area is 93.8 Å². The van der Waals surface area contributed by atoms with Crippen LogP contribution in [0.4, 0.5) is 0 Å². The Balaban J connectivity index is 2.00. The number of likely N-dealkylation sites (N-methyl/N-ethyl adjacent to an activating group) is 1. The van der Waals surface area contributed by atoms with Crippen LogP contribution < -0.4 is 5.32 Å². The number of hydrogen-bond donors (Lipinski definition) is 1. The van der Waals surface area contributed by atoms with Gasteiger partial charge in [-0.3, -0.25) is 0 Å². The zero-order valence-corrected chi connectivity index (χ0v) is 10.2. The van der Waals surface area contributed by atoms with Gasteiger partial charge in [-0.2, -0.15) is 0 Å². The van der Waals surface area contributed by atoms with E-state index in [0.717, 1.165) is 19.1 Å². The first kappa shape index (κ1) is 11.4. The van der Waals surface area contributed by atoms with Crippen molar-refractivity contribution in [3.63, 3.8) is 0 Å². The maximum Gasteiger partial charge on any atom is 0.0809 e. The molecule has 0 aromatic heterocycles. The van der Waals surface area contributed by atoms with Crippen LogP contribution in [0, 0.1) is 5.92 Å². The second-order valence-electron chi connectivity index (χ2n) is 5.34. The molecule has 2 fully saturated rings. The summed E-state index contributed by atoms with van der Waals surface area (Å²) in [5.74, 6) is 0.869. The van der Waals surface area contributed by atoms with Crippen molar-refractivity contribution in [2.45, 2.75) is 64.0 Å². The van der Waals surface area contributed by atoms with Crippen molar-refractivity contribution in [3.05, 3.63) is 0 Å². The van der Waals surface area contributed by atoms with Gasteiger partial charge in [0.2, 0.25) is 0 Å². The van der Waals surface area contributed by atoms with Crippen LogP contribution in [0.3, 0.4) is 0 Å². The summed E-state index contributed by atoms with van der Waals surface area (Å²) < 4.78 is 6.07. The molecule has 1 heterocycles. The topological polar surface area (TPSA) is 21.3 Å². The summed E-state index contributed by atoms with van der Waals surface area (Å²) in [5, 5.41) is 3.67. The lowest BCUT2D eigenvalue weighted by molar-refractivity contribution is -0.107. The largest absolute Gasteiger partial charge is 0.374 e. The molecule has 0 amide bonds. The van der Waals surface area contributed by atoms with E-state index in [1.165, 1.54) is 38.5 Å². The van der Waals surface area contributed by atoms with E-state index in [1.807, 2.05) is 0 Å². The van der Waals surface area contributed by atoms with Crippen molar-refractivity contribution in [3.8, 4) is 0 Å². The molecule has 0 spiro atoms. The average Bonchev–Trinajstić information content (AvgIpc) is 2.16. The molecule has 2 rings (SSSR count). The first-order valence-corrected chi connectivity index (χ1v) is 6.63. The lowest BCUT2D eigenvalue weighted by atomic mass is 9.71. The second-order valence-corrected chi connectivity index (χ2v) is 5.34. The summed E-state index contributed by atoms with van der Waals surface area (Å²) in [6.07, 6.45) is 8.04. The van der Waals surface area contributed by atoms with Crippen molar-refractivity contribution in [2.75, 3.05) is 13.2 Å². The quantitative estimate of drug-likeness (QED) is 0.772. The van der Waals surface area contributed by atoms with Gasteiger partial charge in [-0.05, 0) is 51.5 Å². The summed E-state index contributed by atoms with van der Waals surface area (Å²) >= 11 is 0. The number of rotatable bonds is 4. The maximum absolute atomic E-state index is 6.07. The highest BCUT2D eigenvalue weighted by molar-refractivity contribution is 4.97. The van der Waals surface area contributed by atoms with E-state index in [-0.39, 0.29) is 5.60 Å². The van der Waals surface area contributed by atoms with E-state index in [2.05, 4.69) is 19.2 Å². The maximum atomic E-state index is 6.07. The molecular formula is C13H25NO. The van der Waals surface area contributed by atoms with Crippen LogP contribution in [0.1, 0.15) is 52.4 Å². The van der Waals surface area contributed by atoms with E-state index in [1.54, 1.807) is 0 Å². The van der Waals surface area contributed by atoms with E-state index in [4.69, 9.17) is 4.74 Å². The first-order valence-electron chi connectivity index (χ1n) is 6.63. The molecule has 1 aliphatic carbocycles. The van der Waals surface area contributed by atoms with Gasteiger partial charge in [-0.1, -0.05) is 13.3 Å². The molecule has 2 unspecified atom stereocenters. The number of ether oxygens (including phenoxy) is 1. The van der Waals surface area contributed by atoms with Gasteiger partial charge in [0.05, 0.1) is 5.60 Å². The predicted octanol–water partition coefficient (Wildman–Crippen LogP) is 2.72. The smallest absolute Gasteiger partial charge is 0.0809 e. The van der Waals surface area contributed by atoms with Crippen molar-refractivity contribution in [1.29, 1.82) is 0 Å². The molecule has 0 aromatic rings.